The van der Waals surface area contributed by atoms with Crippen LogP contribution in [-0.2, 0) is 0 Å². The highest BCUT2D eigenvalue weighted by Crippen LogP contribution is 2.23. The van der Waals surface area contributed by atoms with E-state index in [9.17, 15) is 13.2 Å². The first-order chi connectivity index (χ1) is 7.56. The van der Waals surface area contributed by atoms with E-state index in [0.29, 0.717) is 12.8 Å². The van der Waals surface area contributed by atoms with Gasteiger partial charge in [-0.15, -0.1) is 6.58 Å². The molecule has 0 aromatic carbocycles. The number of allylic oxidation sites excluding steroid dienone is 1. The minimum atomic E-state index is -3.97. The van der Waals surface area contributed by atoms with E-state index in [1.807, 2.05) is 6.08 Å². The minimum absolute atomic E-state index is 0.292. The second kappa shape index (κ2) is 9.73. The van der Waals surface area contributed by atoms with Crippen molar-refractivity contribution in [3.05, 3.63) is 12.7 Å². The molecule has 0 aromatic rings. The summed E-state index contributed by atoms with van der Waals surface area (Å²) in [4.78, 5) is 0. The molecule has 3 heteroatoms. The fraction of sp³-hybridized carbons (Fsp3) is 0.846. The van der Waals surface area contributed by atoms with Gasteiger partial charge in [0.1, 0.15) is 0 Å². The molecular formula is C13H23F3. The molecule has 16 heavy (non-hydrogen) atoms. The Hall–Kier alpha value is -0.470. The largest absolute Gasteiger partial charge is 0.389 e. The van der Waals surface area contributed by atoms with Crippen LogP contribution in [0.4, 0.5) is 13.2 Å². The van der Waals surface area contributed by atoms with E-state index in [0.717, 1.165) is 25.7 Å². The average Bonchev–Trinajstić information content (AvgIpc) is 2.19. The van der Waals surface area contributed by atoms with Gasteiger partial charge in [0.05, 0.1) is 0 Å². The van der Waals surface area contributed by atoms with Gasteiger partial charge in [-0.3, -0.25) is 0 Å². The summed E-state index contributed by atoms with van der Waals surface area (Å²) < 4.78 is 35.4. The second-order valence-electron chi connectivity index (χ2n) is 4.27. The molecule has 0 heterocycles. The highest BCUT2D eigenvalue weighted by atomic mass is 19.4. The minimum Gasteiger partial charge on any atom is -0.171 e. The molecule has 0 bridgehead atoms. The van der Waals surface area contributed by atoms with Gasteiger partial charge in [0.15, 0.2) is 0 Å². The zero-order chi connectivity index (χ0) is 12.3. The molecular weight excluding hydrogens is 213 g/mol. The van der Waals surface area contributed by atoms with Crippen molar-refractivity contribution in [3.63, 3.8) is 0 Å². The van der Waals surface area contributed by atoms with Gasteiger partial charge in [-0.05, 0) is 19.3 Å². The Kier molecular flexibility index (Phi) is 9.45. The fourth-order valence-corrected chi connectivity index (χ4v) is 1.67. The molecule has 96 valence electrons. The third kappa shape index (κ3) is 13.5. The normalized spacial score (nSPS) is 11.7. The van der Waals surface area contributed by atoms with Crippen LogP contribution in [0, 0.1) is 0 Å². The molecule has 0 atom stereocenters. The Morgan fingerprint density at radius 2 is 1.19 bits per heavy atom. The van der Waals surface area contributed by atoms with E-state index < -0.39 is 12.6 Å². The molecule has 0 saturated carbocycles. The second-order valence-corrected chi connectivity index (χ2v) is 4.27. The maximum Gasteiger partial charge on any atom is 0.389 e. The molecule has 0 fully saturated rings. The van der Waals surface area contributed by atoms with E-state index in [1.165, 1.54) is 19.3 Å². The number of alkyl halides is 3. The lowest BCUT2D eigenvalue weighted by Crippen LogP contribution is -2.06. The van der Waals surface area contributed by atoms with Crippen LogP contribution < -0.4 is 0 Å². The average molecular weight is 236 g/mol. The molecule has 0 aliphatic rings. The lowest BCUT2D eigenvalue weighted by Gasteiger charge is -2.05. The third-order valence-corrected chi connectivity index (χ3v) is 2.62. The topological polar surface area (TPSA) is 0 Å². The lowest BCUT2D eigenvalue weighted by molar-refractivity contribution is -0.135. The monoisotopic (exact) mass is 236 g/mol. The van der Waals surface area contributed by atoms with Crippen molar-refractivity contribution in [1.82, 2.24) is 0 Å². The standard InChI is InChI=1S/C13H23F3/c1-2-3-4-5-6-7-8-9-10-11-12-13(14,15)16/h2H,1,3-12H2. The number of hydrogen-bond donors (Lipinski definition) is 0. The zero-order valence-electron chi connectivity index (χ0n) is 9.99. The fourth-order valence-electron chi connectivity index (χ4n) is 1.67. The van der Waals surface area contributed by atoms with Gasteiger partial charge in [-0.25, -0.2) is 0 Å². The van der Waals surface area contributed by atoms with Crippen molar-refractivity contribution in [3.8, 4) is 0 Å². The summed E-state index contributed by atoms with van der Waals surface area (Å²) in [7, 11) is 0. The predicted molar refractivity (Wildman–Crippen MR) is 62.4 cm³/mol. The number of hydrogen-bond acceptors (Lipinski definition) is 0. The van der Waals surface area contributed by atoms with Gasteiger partial charge in [0.25, 0.3) is 0 Å². The van der Waals surface area contributed by atoms with Crippen molar-refractivity contribution < 1.29 is 13.2 Å². The maximum atomic E-state index is 11.8. The Balaban J connectivity index is 3.01. The Morgan fingerprint density at radius 3 is 1.62 bits per heavy atom. The van der Waals surface area contributed by atoms with E-state index >= 15 is 0 Å². The van der Waals surface area contributed by atoms with Crippen LogP contribution in [0.1, 0.15) is 64.2 Å². The maximum absolute atomic E-state index is 11.8. The molecule has 0 saturated heterocycles. The quantitative estimate of drug-likeness (QED) is 0.340. The molecule has 0 rings (SSSR count). The first-order valence-corrected chi connectivity index (χ1v) is 6.24. The van der Waals surface area contributed by atoms with Gasteiger partial charge in [-0.1, -0.05) is 44.6 Å². The van der Waals surface area contributed by atoms with Crippen LogP contribution in [0.2, 0.25) is 0 Å². The SMILES string of the molecule is C=CCCCCCCCCCCC(F)(F)F. The summed E-state index contributed by atoms with van der Waals surface area (Å²) in [6.45, 7) is 3.66. The molecule has 0 radical (unpaired) electrons. The molecule has 0 amide bonds. The summed E-state index contributed by atoms with van der Waals surface area (Å²) in [5.74, 6) is 0. The van der Waals surface area contributed by atoms with Crippen molar-refractivity contribution in [2.24, 2.45) is 0 Å². The summed E-state index contributed by atoms with van der Waals surface area (Å²) in [5.41, 5.74) is 0. The van der Waals surface area contributed by atoms with E-state index in [4.69, 9.17) is 0 Å². The van der Waals surface area contributed by atoms with Crippen LogP contribution in [0.3, 0.4) is 0 Å². The molecule has 0 aromatic heterocycles. The zero-order valence-corrected chi connectivity index (χ0v) is 9.99. The van der Waals surface area contributed by atoms with Gasteiger partial charge in [0.2, 0.25) is 0 Å². The van der Waals surface area contributed by atoms with Crippen molar-refractivity contribution in [2.75, 3.05) is 0 Å². The van der Waals surface area contributed by atoms with Crippen molar-refractivity contribution in [1.29, 1.82) is 0 Å². The van der Waals surface area contributed by atoms with Gasteiger partial charge < -0.3 is 0 Å². The summed E-state index contributed by atoms with van der Waals surface area (Å²) in [6.07, 6.45) is 6.21. The highest BCUT2D eigenvalue weighted by Gasteiger charge is 2.25. The summed E-state index contributed by atoms with van der Waals surface area (Å²) in [6, 6.07) is 0. The van der Waals surface area contributed by atoms with Crippen LogP contribution in [0.25, 0.3) is 0 Å². The van der Waals surface area contributed by atoms with Crippen LogP contribution in [0.15, 0.2) is 12.7 Å². The smallest absolute Gasteiger partial charge is 0.171 e. The summed E-state index contributed by atoms with van der Waals surface area (Å²) in [5, 5.41) is 0. The molecule has 0 unspecified atom stereocenters. The highest BCUT2D eigenvalue weighted by molar-refractivity contribution is 4.65. The van der Waals surface area contributed by atoms with E-state index in [1.54, 1.807) is 0 Å². The van der Waals surface area contributed by atoms with Crippen molar-refractivity contribution >= 4 is 0 Å². The number of rotatable bonds is 10. The van der Waals surface area contributed by atoms with Gasteiger partial charge in [0, 0.05) is 6.42 Å². The Morgan fingerprint density at radius 1 is 0.750 bits per heavy atom. The molecule has 0 aliphatic heterocycles. The third-order valence-electron chi connectivity index (χ3n) is 2.62. The molecule has 0 N–H and O–H groups in total. The Bertz CT molecular complexity index is 161. The van der Waals surface area contributed by atoms with E-state index in [-0.39, 0.29) is 0 Å². The molecule has 0 spiro atoms. The predicted octanol–water partition coefficient (Wildman–Crippen LogP) is 5.64. The lowest BCUT2D eigenvalue weighted by atomic mass is 10.1. The first-order valence-electron chi connectivity index (χ1n) is 6.24. The molecule has 0 nitrogen and oxygen atoms in total. The molecule has 0 aliphatic carbocycles. The van der Waals surface area contributed by atoms with Gasteiger partial charge in [-0.2, -0.15) is 13.2 Å². The number of halogens is 3. The van der Waals surface area contributed by atoms with Gasteiger partial charge >= 0.3 is 6.18 Å². The summed E-state index contributed by atoms with van der Waals surface area (Å²) >= 11 is 0. The van der Waals surface area contributed by atoms with Crippen LogP contribution in [-0.4, -0.2) is 6.18 Å². The van der Waals surface area contributed by atoms with Crippen molar-refractivity contribution in [2.45, 2.75) is 70.4 Å². The van der Waals surface area contributed by atoms with Crippen LogP contribution in [0.5, 0.6) is 0 Å². The number of unbranched alkanes of at least 4 members (excludes halogenated alkanes) is 8. The van der Waals surface area contributed by atoms with E-state index in [2.05, 4.69) is 6.58 Å². The first kappa shape index (κ1) is 15.5. The van der Waals surface area contributed by atoms with Crippen LogP contribution >= 0.6 is 0 Å². The Labute approximate surface area is 96.9 Å².